The SMILES string of the molecule is CCCCCCNC1CCc2c(F)cccc21. The minimum atomic E-state index is -0.0298. The van der Waals surface area contributed by atoms with E-state index in [1.807, 2.05) is 6.07 Å². The summed E-state index contributed by atoms with van der Waals surface area (Å²) in [5.41, 5.74) is 2.11. The Morgan fingerprint density at radius 1 is 1.29 bits per heavy atom. The van der Waals surface area contributed by atoms with Crippen LogP contribution < -0.4 is 5.32 Å². The number of fused-ring (bicyclic) bond motifs is 1. The Hall–Kier alpha value is -0.890. The summed E-state index contributed by atoms with van der Waals surface area (Å²) in [7, 11) is 0. The number of halogens is 1. The molecule has 1 aromatic carbocycles. The summed E-state index contributed by atoms with van der Waals surface area (Å²) < 4.78 is 13.5. The molecule has 1 N–H and O–H groups in total. The molecule has 0 saturated heterocycles. The summed E-state index contributed by atoms with van der Waals surface area (Å²) in [6.45, 7) is 3.28. The molecule has 1 aliphatic rings. The van der Waals surface area contributed by atoms with Gasteiger partial charge in [-0.05, 0) is 43.0 Å². The lowest BCUT2D eigenvalue weighted by atomic mass is 10.1. The van der Waals surface area contributed by atoms with Gasteiger partial charge in [-0.2, -0.15) is 0 Å². The van der Waals surface area contributed by atoms with Crippen LogP contribution >= 0.6 is 0 Å². The predicted octanol–water partition coefficient (Wildman–Crippen LogP) is 3.98. The minimum absolute atomic E-state index is 0.0298. The standard InChI is InChI=1S/C15H22FN/c1-2-3-4-5-11-17-15-10-9-12-13(15)7-6-8-14(12)16/h6-8,15,17H,2-5,9-11H2,1H3. The van der Waals surface area contributed by atoms with Crippen LogP contribution in [0.4, 0.5) is 4.39 Å². The van der Waals surface area contributed by atoms with E-state index in [0.717, 1.165) is 24.9 Å². The van der Waals surface area contributed by atoms with Gasteiger partial charge in [-0.25, -0.2) is 4.39 Å². The summed E-state index contributed by atoms with van der Waals surface area (Å²) in [6, 6.07) is 5.84. The van der Waals surface area contributed by atoms with Gasteiger partial charge < -0.3 is 5.32 Å². The van der Waals surface area contributed by atoms with Crippen molar-refractivity contribution in [3.05, 3.63) is 35.1 Å². The lowest BCUT2D eigenvalue weighted by Gasteiger charge is -2.13. The Balaban J connectivity index is 1.83. The summed E-state index contributed by atoms with van der Waals surface area (Å²) in [5, 5.41) is 3.56. The molecule has 2 rings (SSSR count). The van der Waals surface area contributed by atoms with Crippen molar-refractivity contribution in [1.29, 1.82) is 0 Å². The van der Waals surface area contributed by atoms with E-state index in [2.05, 4.69) is 18.3 Å². The average Bonchev–Trinajstić information content (AvgIpc) is 2.74. The summed E-state index contributed by atoms with van der Waals surface area (Å²) in [5.74, 6) is -0.0298. The van der Waals surface area contributed by atoms with Gasteiger partial charge in [-0.15, -0.1) is 0 Å². The molecule has 2 heteroatoms. The first-order chi connectivity index (χ1) is 8.33. The Bertz CT molecular complexity index is 362. The van der Waals surface area contributed by atoms with Crippen molar-refractivity contribution in [2.45, 2.75) is 51.5 Å². The fourth-order valence-electron chi connectivity index (χ4n) is 2.65. The molecular formula is C15H22FN. The quantitative estimate of drug-likeness (QED) is 0.735. The van der Waals surface area contributed by atoms with Gasteiger partial charge in [0.05, 0.1) is 0 Å². The summed E-state index contributed by atoms with van der Waals surface area (Å²) in [4.78, 5) is 0. The van der Waals surface area contributed by atoms with Crippen molar-refractivity contribution in [3.63, 3.8) is 0 Å². The number of rotatable bonds is 6. The molecule has 1 aromatic rings. The maximum Gasteiger partial charge on any atom is 0.126 e. The predicted molar refractivity (Wildman–Crippen MR) is 69.6 cm³/mol. The maximum absolute atomic E-state index is 13.5. The van der Waals surface area contributed by atoms with Gasteiger partial charge in [-0.3, -0.25) is 0 Å². The zero-order chi connectivity index (χ0) is 12.1. The second-order valence-electron chi connectivity index (χ2n) is 4.91. The minimum Gasteiger partial charge on any atom is -0.310 e. The van der Waals surface area contributed by atoms with Crippen LogP contribution in [-0.2, 0) is 6.42 Å². The van der Waals surface area contributed by atoms with Crippen LogP contribution in [0.2, 0.25) is 0 Å². The van der Waals surface area contributed by atoms with Gasteiger partial charge in [0.1, 0.15) is 5.82 Å². The molecule has 0 amide bonds. The van der Waals surface area contributed by atoms with E-state index in [1.54, 1.807) is 6.07 Å². The van der Waals surface area contributed by atoms with E-state index in [-0.39, 0.29) is 5.82 Å². The highest BCUT2D eigenvalue weighted by atomic mass is 19.1. The van der Waals surface area contributed by atoms with E-state index >= 15 is 0 Å². The highest BCUT2D eigenvalue weighted by molar-refractivity contribution is 5.35. The second-order valence-corrected chi connectivity index (χ2v) is 4.91. The van der Waals surface area contributed by atoms with Crippen LogP contribution in [0.1, 0.15) is 56.2 Å². The molecular weight excluding hydrogens is 213 g/mol. The fourth-order valence-corrected chi connectivity index (χ4v) is 2.65. The number of hydrogen-bond donors (Lipinski definition) is 1. The highest BCUT2D eigenvalue weighted by Crippen LogP contribution is 2.32. The zero-order valence-corrected chi connectivity index (χ0v) is 10.6. The third-order valence-corrected chi connectivity index (χ3v) is 3.63. The zero-order valence-electron chi connectivity index (χ0n) is 10.6. The van der Waals surface area contributed by atoms with Crippen LogP contribution in [0.5, 0.6) is 0 Å². The molecule has 1 nitrogen and oxygen atoms in total. The van der Waals surface area contributed by atoms with E-state index in [9.17, 15) is 4.39 Å². The molecule has 1 aliphatic carbocycles. The molecule has 94 valence electrons. The first-order valence-corrected chi connectivity index (χ1v) is 6.83. The normalized spacial score (nSPS) is 18.4. The van der Waals surface area contributed by atoms with Crippen molar-refractivity contribution >= 4 is 0 Å². The van der Waals surface area contributed by atoms with Crippen LogP contribution in [-0.4, -0.2) is 6.54 Å². The monoisotopic (exact) mass is 235 g/mol. The van der Waals surface area contributed by atoms with Crippen LogP contribution in [0.25, 0.3) is 0 Å². The van der Waals surface area contributed by atoms with Gasteiger partial charge >= 0.3 is 0 Å². The third-order valence-electron chi connectivity index (χ3n) is 3.63. The molecule has 0 spiro atoms. The van der Waals surface area contributed by atoms with Gasteiger partial charge in [0.25, 0.3) is 0 Å². The molecule has 0 aromatic heterocycles. The smallest absolute Gasteiger partial charge is 0.126 e. The first-order valence-electron chi connectivity index (χ1n) is 6.83. The Labute approximate surface area is 103 Å². The van der Waals surface area contributed by atoms with Crippen molar-refractivity contribution in [2.24, 2.45) is 0 Å². The molecule has 0 heterocycles. The van der Waals surface area contributed by atoms with E-state index in [4.69, 9.17) is 0 Å². The van der Waals surface area contributed by atoms with Gasteiger partial charge in [-0.1, -0.05) is 38.3 Å². The molecule has 0 bridgehead atoms. The van der Waals surface area contributed by atoms with Gasteiger partial charge in [0.2, 0.25) is 0 Å². The summed E-state index contributed by atoms with van der Waals surface area (Å²) >= 11 is 0. The van der Waals surface area contributed by atoms with Crippen molar-refractivity contribution in [2.75, 3.05) is 6.54 Å². The largest absolute Gasteiger partial charge is 0.310 e. The number of nitrogens with one attached hydrogen (secondary N) is 1. The summed E-state index contributed by atoms with van der Waals surface area (Å²) in [6.07, 6.45) is 7.05. The third kappa shape index (κ3) is 3.06. The lowest BCUT2D eigenvalue weighted by molar-refractivity contribution is 0.506. The molecule has 0 fully saturated rings. The maximum atomic E-state index is 13.5. The molecule has 1 unspecified atom stereocenters. The van der Waals surface area contributed by atoms with Crippen LogP contribution in [0.3, 0.4) is 0 Å². The lowest BCUT2D eigenvalue weighted by Crippen LogP contribution is -2.20. The van der Waals surface area contributed by atoms with Crippen molar-refractivity contribution in [3.8, 4) is 0 Å². The topological polar surface area (TPSA) is 12.0 Å². The Morgan fingerprint density at radius 2 is 2.18 bits per heavy atom. The highest BCUT2D eigenvalue weighted by Gasteiger charge is 2.23. The molecule has 17 heavy (non-hydrogen) atoms. The first kappa shape index (κ1) is 12.6. The molecule has 0 aliphatic heterocycles. The molecule has 0 radical (unpaired) electrons. The Kier molecular flexibility index (Phi) is 4.55. The van der Waals surface area contributed by atoms with E-state index in [0.29, 0.717) is 6.04 Å². The molecule has 0 saturated carbocycles. The van der Waals surface area contributed by atoms with E-state index in [1.165, 1.54) is 31.2 Å². The van der Waals surface area contributed by atoms with Crippen molar-refractivity contribution in [1.82, 2.24) is 5.32 Å². The number of benzene rings is 1. The second kappa shape index (κ2) is 6.15. The van der Waals surface area contributed by atoms with Gasteiger partial charge in [0.15, 0.2) is 0 Å². The van der Waals surface area contributed by atoms with Gasteiger partial charge in [0, 0.05) is 6.04 Å². The Morgan fingerprint density at radius 3 is 3.00 bits per heavy atom. The number of unbranched alkanes of at least 4 members (excludes halogenated alkanes) is 3. The average molecular weight is 235 g/mol. The number of hydrogen-bond acceptors (Lipinski definition) is 1. The fraction of sp³-hybridized carbons (Fsp3) is 0.600. The van der Waals surface area contributed by atoms with Crippen molar-refractivity contribution < 1.29 is 4.39 Å². The van der Waals surface area contributed by atoms with Crippen LogP contribution in [0.15, 0.2) is 18.2 Å². The van der Waals surface area contributed by atoms with Crippen LogP contribution in [0, 0.1) is 5.82 Å². The van der Waals surface area contributed by atoms with E-state index < -0.39 is 0 Å². The molecule has 1 atom stereocenters.